The highest BCUT2D eigenvalue weighted by Crippen LogP contribution is 2.05. The summed E-state index contributed by atoms with van der Waals surface area (Å²) < 4.78 is 19.4. The van der Waals surface area contributed by atoms with E-state index in [1.807, 2.05) is 5.48 Å². The van der Waals surface area contributed by atoms with E-state index in [0.717, 1.165) is 0 Å². The van der Waals surface area contributed by atoms with E-state index in [2.05, 4.69) is 4.74 Å². The van der Waals surface area contributed by atoms with E-state index in [-0.39, 0.29) is 6.23 Å². The number of methoxy groups -OCH3 is 1. The van der Waals surface area contributed by atoms with Crippen LogP contribution in [0.4, 0.5) is 4.79 Å². The molecule has 0 radical (unpaired) electrons. The molecule has 14 heavy (non-hydrogen) atoms. The van der Waals surface area contributed by atoms with E-state index in [1.54, 1.807) is 0 Å². The van der Waals surface area contributed by atoms with Gasteiger partial charge >= 0.3 is 14.9 Å². The zero-order valence-electron chi connectivity index (χ0n) is 8.66. The van der Waals surface area contributed by atoms with Gasteiger partial charge in [-0.2, -0.15) is 5.48 Å². The Labute approximate surface area is 83.5 Å². The van der Waals surface area contributed by atoms with Crippen LogP contribution in [0.5, 0.6) is 0 Å². The van der Waals surface area contributed by atoms with Crippen LogP contribution in [0.2, 0.25) is 0 Å². The summed E-state index contributed by atoms with van der Waals surface area (Å²) in [4.78, 5) is 15.4. The Morgan fingerprint density at radius 3 is 2.00 bits per heavy atom. The lowest BCUT2D eigenvalue weighted by Crippen LogP contribution is -2.49. The van der Waals surface area contributed by atoms with Crippen molar-refractivity contribution in [3.8, 4) is 0 Å². The van der Waals surface area contributed by atoms with Crippen molar-refractivity contribution in [2.24, 2.45) is 0 Å². The lowest BCUT2D eigenvalue weighted by molar-refractivity contribution is 0.0163. The second-order valence-electron chi connectivity index (χ2n) is 2.18. The lowest BCUT2D eigenvalue weighted by Gasteiger charge is -2.23. The summed E-state index contributed by atoms with van der Waals surface area (Å²) in [5.74, 6) is 0. The van der Waals surface area contributed by atoms with Crippen LogP contribution in [0.15, 0.2) is 0 Å². The van der Waals surface area contributed by atoms with Gasteiger partial charge in [0, 0.05) is 21.3 Å². The molecule has 0 rings (SSSR count). The molecule has 0 aliphatic carbocycles. The van der Waals surface area contributed by atoms with E-state index in [9.17, 15) is 4.79 Å². The molecule has 0 aromatic carbocycles. The van der Waals surface area contributed by atoms with Gasteiger partial charge in [0.15, 0.2) is 0 Å². The molecule has 0 atom stereocenters. The van der Waals surface area contributed by atoms with Crippen LogP contribution in [0.1, 0.15) is 0 Å². The Kier molecular flexibility index (Phi) is 6.41. The highest BCUT2D eigenvalue weighted by atomic mass is 28.4. The summed E-state index contributed by atoms with van der Waals surface area (Å²) in [5, 5.41) is 0. The summed E-state index contributed by atoms with van der Waals surface area (Å²) >= 11 is 0. The second kappa shape index (κ2) is 6.73. The third-order valence-corrected chi connectivity index (χ3v) is 3.89. The molecule has 84 valence electrons. The molecule has 0 aromatic rings. The van der Waals surface area contributed by atoms with Crippen molar-refractivity contribution in [2.75, 3.05) is 34.7 Å². The van der Waals surface area contributed by atoms with Gasteiger partial charge in [-0.05, 0) is 0 Å². The number of carbonyl (C=O) groups is 1. The Balaban J connectivity index is 3.88. The van der Waals surface area contributed by atoms with Gasteiger partial charge in [0.2, 0.25) is 0 Å². The highest BCUT2D eigenvalue weighted by Gasteiger charge is 2.39. The standard InChI is InChI=1S/C6H15NO6Si/c1-9-6(8)7-13-5-14(10-2,11-3)12-4/h5H2,1-4H3,(H,7,8). The van der Waals surface area contributed by atoms with Crippen molar-refractivity contribution >= 4 is 14.9 Å². The van der Waals surface area contributed by atoms with Gasteiger partial charge in [0.05, 0.1) is 7.11 Å². The second-order valence-corrected chi connectivity index (χ2v) is 5.06. The third kappa shape index (κ3) is 4.02. The maximum Gasteiger partial charge on any atom is 0.530 e. The van der Waals surface area contributed by atoms with Crippen LogP contribution < -0.4 is 5.48 Å². The number of rotatable bonds is 6. The van der Waals surface area contributed by atoms with Crippen LogP contribution >= 0.6 is 0 Å². The fraction of sp³-hybridized carbons (Fsp3) is 0.833. The average Bonchev–Trinajstić information content (AvgIpc) is 2.25. The summed E-state index contributed by atoms with van der Waals surface area (Å²) in [6, 6.07) is 0. The highest BCUT2D eigenvalue weighted by molar-refractivity contribution is 6.60. The van der Waals surface area contributed by atoms with Crippen molar-refractivity contribution < 1.29 is 27.6 Å². The lowest BCUT2D eigenvalue weighted by atomic mass is 11.2. The fourth-order valence-corrected chi connectivity index (χ4v) is 1.75. The molecule has 0 unspecified atom stereocenters. The maximum atomic E-state index is 10.6. The number of ether oxygens (including phenoxy) is 1. The monoisotopic (exact) mass is 225 g/mol. The van der Waals surface area contributed by atoms with Crippen molar-refractivity contribution in [1.29, 1.82) is 0 Å². The zero-order chi connectivity index (χ0) is 11.0. The van der Waals surface area contributed by atoms with Crippen molar-refractivity contribution in [1.82, 2.24) is 5.48 Å². The molecule has 7 nitrogen and oxygen atoms in total. The van der Waals surface area contributed by atoms with Crippen LogP contribution in [-0.4, -0.2) is 49.6 Å². The first-order chi connectivity index (χ1) is 6.64. The van der Waals surface area contributed by atoms with E-state index in [0.29, 0.717) is 0 Å². The van der Waals surface area contributed by atoms with Crippen LogP contribution in [-0.2, 0) is 22.9 Å². The van der Waals surface area contributed by atoms with E-state index in [4.69, 9.17) is 18.1 Å². The maximum absolute atomic E-state index is 10.6. The first-order valence-electron chi connectivity index (χ1n) is 3.75. The largest absolute Gasteiger partial charge is 0.530 e. The zero-order valence-corrected chi connectivity index (χ0v) is 9.66. The molecule has 0 spiro atoms. The molecule has 8 heteroatoms. The predicted molar refractivity (Wildman–Crippen MR) is 48.3 cm³/mol. The van der Waals surface area contributed by atoms with Gasteiger partial charge in [0.25, 0.3) is 0 Å². The number of amides is 1. The van der Waals surface area contributed by atoms with Gasteiger partial charge < -0.3 is 18.0 Å². The molecule has 1 amide bonds. The molecule has 0 bridgehead atoms. The molecule has 0 saturated carbocycles. The Morgan fingerprint density at radius 1 is 1.14 bits per heavy atom. The van der Waals surface area contributed by atoms with E-state index >= 15 is 0 Å². The first kappa shape index (κ1) is 13.3. The SMILES string of the molecule is COC(=O)NOC[Si](OC)(OC)OC. The van der Waals surface area contributed by atoms with Gasteiger partial charge in [-0.3, -0.25) is 4.84 Å². The summed E-state index contributed by atoms with van der Waals surface area (Å²) in [6.07, 6.45) is -0.692. The van der Waals surface area contributed by atoms with Gasteiger partial charge in [-0.15, -0.1) is 0 Å². The number of hydrogen-bond donors (Lipinski definition) is 1. The van der Waals surface area contributed by atoms with Crippen molar-refractivity contribution in [3.05, 3.63) is 0 Å². The summed E-state index contributed by atoms with van der Waals surface area (Å²) in [6.45, 7) is 0. The number of carbonyl (C=O) groups excluding carboxylic acids is 1. The molecular weight excluding hydrogens is 210 g/mol. The Morgan fingerprint density at radius 2 is 1.64 bits per heavy atom. The normalized spacial score (nSPS) is 11.1. The minimum atomic E-state index is -2.79. The van der Waals surface area contributed by atoms with E-state index in [1.165, 1.54) is 28.4 Å². The van der Waals surface area contributed by atoms with Gasteiger partial charge in [-0.1, -0.05) is 0 Å². The first-order valence-corrected chi connectivity index (χ1v) is 5.68. The number of hydroxylamine groups is 1. The molecule has 0 aromatic heterocycles. The molecular formula is C6H15NO6Si. The fourth-order valence-electron chi connectivity index (χ4n) is 0.652. The Hall–Kier alpha value is -0.673. The summed E-state index contributed by atoms with van der Waals surface area (Å²) in [5.41, 5.74) is 2.02. The molecule has 1 N–H and O–H groups in total. The van der Waals surface area contributed by atoms with Crippen LogP contribution in [0, 0.1) is 0 Å². The van der Waals surface area contributed by atoms with Gasteiger partial charge in [-0.25, -0.2) is 4.79 Å². The molecule has 0 fully saturated rings. The average molecular weight is 225 g/mol. The van der Waals surface area contributed by atoms with Crippen molar-refractivity contribution in [2.45, 2.75) is 0 Å². The minimum Gasteiger partial charge on any atom is -0.451 e. The third-order valence-electron chi connectivity index (χ3n) is 1.52. The number of nitrogens with one attached hydrogen (secondary N) is 1. The van der Waals surface area contributed by atoms with Gasteiger partial charge in [0.1, 0.15) is 6.23 Å². The molecule has 0 aliphatic heterocycles. The molecule has 0 aliphatic rings. The predicted octanol–water partition coefficient (Wildman–Crippen LogP) is -0.309. The minimum absolute atomic E-state index is 0.00556. The quantitative estimate of drug-likeness (QED) is 0.494. The topological polar surface area (TPSA) is 75.3 Å². The number of hydrogen-bond acceptors (Lipinski definition) is 6. The smallest absolute Gasteiger partial charge is 0.451 e. The molecule has 0 heterocycles. The Bertz CT molecular complexity index is 165. The van der Waals surface area contributed by atoms with E-state index < -0.39 is 14.9 Å². The van der Waals surface area contributed by atoms with Crippen LogP contribution in [0.25, 0.3) is 0 Å². The van der Waals surface area contributed by atoms with Crippen molar-refractivity contribution in [3.63, 3.8) is 0 Å². The molecule has 0 saturated heterocycles. The summed E-state index contributed by atoms with van der Waals surface area (Å²) in [7, 11) is 2.77. The van der Waals surface area contributed by atoms with Crippen LogP contribution in [0.3, 0.4) is 0 Å².